The summed E-state index contributed by atoms with van der Waals surface area (Å²) in [6.45, 7) is 3.92. The predicted molar refractivity (Wildman–Crippen MR) is 99.9 cm³/mol. The smallest absolute Gasteiger partial charge is 0.220 e. The Bertz CT molecular complexity index is 611. The van der Waals surface area contributed by atoms with E-state index >= 15 is 0 Å². The molecule has 0 spiro atoms. The molecule has 4 heteroatoms. The monoisotopic (exact) mass is 338 g/mol. The zero-order chi connectivity index (χ0) is 18.1. The van der Waals surface area contributed by atoms with Gasteiger partial charge in [-0.15, -0.1) is 0 Å². The Hall–Kier alpha value is -2.62. The molecular formula is C21H26N2O2. The van der Waals surface area contributed by atoms with Crippen LogP contribution in [0.1, 0.15) is 56.3 Å². The molecular weight excluding hydrogens is 312 g/mol. The number of carbonyl (C=O) groups excluding carboxylic acids is 2. The van der Waals surface area contributed by atoms with E-state index in [-0.39, 0.29) is 23.9 Å². The lowest BCUT2D eigenvalue weighted by molar-refractivity contribution is -0.123. The maximum atomic E-state index is 12.0. The van der Waals surface area contributed by atoms with E-state index in [1.54, 1.807) is 0 Å². The Balaban J connectivity index is 1.67. The zero-order valence-electron chi connectivity index (χ0n) is 14.9. The maximum absolute atomic E-state index is 12.0. The molecule has 0 saturated heterocycles. The Labute approximate surface area is 149 Å². The third-order valence-corrected chi connectivity index (χ3v) is 4.16. The molecule has 0 aliphatic heterocycles. The van der Waals surface area contributed by atoms with Gasteiger partial charge < -0.3 is 10.6 Å². The molecule has 0 saturated carbocycles. The predicted octanol–water partition coefficient (Wildman–Crippen LogP) is 3.91. The Morgan fingerprint density at radius 2 is 1.08 bits per heavy atom. The molecule has 2 aromatic rings. The first-order chi connectivity index (χ1) is 12.1. The van der Waals surface area contributed by atoms with E-state index < -0.39 is 0 Å². The summed E-state index contributed by atoms with van der Waals surface area (Å²) < 4.78 is 0. The van der Waals surface area contributed by atoms with Crippen LogP contribution in [-0.4, -0.2) is 11.8 Å². The van der Waals surface area contributed by atoms with Crippen molar-refractivity contribution in [3.05, 3.63) is 71.8 Å². The van der Waals surface area contributed by atoms with E-state index in [1.807, 2.05) is 74.5 Å². The summed E-state index contributed by atoms with van der Waals surface area (Å²) in [5.41, 5.74) is 2.15. The highest BCUT2D eigenvalue weighted by molar-refractivity contribution is 5.79. The van der Waals surface area contributed by atoms with Gasteiger partial charge in [-0.25, -0.2) is 0 Å². The van der Waals surface area contributed by atoms with E-state index in [2.05, 4.69) is 10.6 Å². The standard InChI is InChI=1S/C21H26N2O2/c1-16(18-10-5-3-6-11-18)22-20(24)14-9-15-21(25)23-17(2)19-12-7-4-8-13-19/h3-8,10-13,16-17H,9,14-15H2,1-2H3,(H,22,24)(H,23,25). The minimum atomic E-state index is -0.0275. The maximum Gasteiger partial charge on any atom is 0.220 e. The lowest BCUT2D eigenvalue weighted by atomic mass is 10.1. The SMILES string of the molecule is CC(NC(=O)CCCC(=O)NC(C)c1ccccc1)c1ccccc1. The highest BCUT2D eigenvalue weighted by Gasteiger charge is 2.12. The van der Waals surface area contributed by atoms with Crippen molar-refractivity contribution in [2.45, 2.75) is 45.2 Å². The third-order valence-electron chi connectivity index (χ3n) is 4.16. The van der Waals surface area contributed by atoms with Crippen molar-refractivity contribution in [2.24, 2.45) is 0 Å². The van der Waals surface area contributed by atoms with Crippen LogP contribution in [0.2, 0.25) is 0 Å². The first kappa shape index (κ1) is 18.7. The van der Waals surface area contributed by atoms with Crippen LogP contribution in [0.3, 0.4) is 0 Å². The van der Waals surface area contributed by atoms with Crippen LogP contribution in [0.4, 0.5) is 0 Å². The van der Waals surface area contributed by atoms with Gasteiger partial charge in [-0.1, -0.05) is 60.7 Å². The van der Waals surface area contributed by atoms with E-state index in [0.29, 0.717) is 19.3 Å². The highest BCUT2D eigenvalue weighted by Crippen LogP contribution is 2.13. The minimum absolute atomic E-state index is 0.0272. The van der Waals surface area contributed by atoms with E-state index in [4.69, 9.17) is 0 Å². The number of carbonyl (C=O) groups is 2. The Morgan fingerprint density at radius 3 is 1.44 bits per heavy atom. The minimum Gasteiger partial charge on any atom is -0.350 e. The molecule has 0 aliphatic carbocycles. The molecule has 2 N–H and O–H groups in total. The second-order valence-electron chi connectivity index (χ2n) is 6.25. The van der Waals surface area contributed by atoms with Crippen LogP contribution in [0, 0.1) is 0 Å². The van der Waals surface area contributed by atoms with Gasteiger partial charge in [0.15, 0.2) is 0 Å². The van der Waals surface area contributed by atoms with Crippen LogP contribution in [-0.2, 0) is 9.59 Å². The van der Waals surface area contributed by atoms with Gasteiger partial charge in [0.25, 0.3) is 0 Å². The largest absolute Gasteiger partial charge is 0.350 e. The summed E-state index contributed by atoms with van der Waals surface area (Å²) in [5.74, 6) is -0.0551. The van der Waals surface area contributed by atoms with Gasteiger partial charge in [-0.3, -0.25) is 9.59 Å². The van der Waals surface area contributed by atoms with Crippen molar-refractivity contribution >= 4 is 11.8 Å². The highest BCUT2D eigenvalue weighted by atomic mass is 16.2. The van der Waals surface area contributed by atoms with Gasteiger partial charge in [-0.2, -0.15) is 0 Å². The average molecular weight is 338 g/mol. The summed E-state index contributed by atoms with van der Waals surface area (Å²) in [6.07, 6.45) is 1.25. The number of nitrogens with one attached hydrogen (secondary N) is 2. The van der Waals surface area contributed by atoms with E-state index in [9.17, 15) is 9.59 Å². The molecule has 2 rings (SSSR count). The second kappa shape index (κ2) is 9.62. The molecule has 132 valence electrons. The van der Waals surface area contributed by atoms with Gasteiger partial charge in [0.2, 0.25) is 11.8 Å². The molecule has 2 atom stereocenters. The van der Waals surface area contributed by atoms with Crippen molar-refractivity contribution in [3.8, 4) is 0 Å². The molecule has 0 aromatic heterocycles. The number of hydrogen-bond acceptors (Lipinski definition) is 2. The zero-order valence-corrected chi connectivity index (χ0v) is 14.9. The topological polar surface area (TPSA) is 58.2 Å². The Kier molecular flexibility index (Phi) is 7.20. The summed E-state index contributed by atoms with van der Waals surface area (Å²) in [4.78, 5) is 24.0. The fraction of sp³-hybridized carbons (Fsp3) is 0.333. The van der Waals surface area contributed by atoms with Crippen molar-refractivity contribution in [2.75, 3.05) is 0 Å². The van der Waals surface area contributed by atoms with Crippen molar-refractivity contribution in [1.29, 1.82) is 0 Å². The van der Waals surface area contributed by atoms with Gasteiger partial charge >= 0.3 is 0 Å². The molecule has 4 nitrogen and oxygen atoms in total. The lowest BCUT2D eigenvalue weighted by Gasteiger charge is -2.15. The fourth-order valence-corrected chi connectivity index (χ4v) is 2.69. The molecule has 0 heterocycles. The molecule has 0 aliphatic rings. The number of amides is 2. The first-order valence-electron chi connectivity index (χ1n) is 8.75. The van der Waals surface area contributed by atoms with Crippen LogP contribution >= 0.6 is 0 Å². The Morgan fingerprint density at radius 1 is 0.720 bits per heavy atom. The fourth-order valence-electron chi connectivity index (χ4n) is 2.69. The van der Waals surface area contributed by atoms with Crippen LogP contribution in [0.25, 0.3) is 0 Å². The van der Waals surface area contributed by atoms with Crippen LogP contribution in [0.15, 0.2) is 60.7 Å². The molecule has 2 amide bonds. The van der Waals surface area contributed by atoms with Crippen molar-refractivity contribution in [1.82, 2.24) is 10.6 Å². The molecule has 2 unspecified atom stereocenters. The summed E-state index contributed by atoms with van der Waals surface area (Å²) in [7, 11) is 0. The van der Waals surface area contributed by atoms with E-state index in [1.165, 1.54) is 0 Å². The van der Waals surface area contributed by atoms with Gasteiger partial charge in [-0.05, 0) is 31.4 Å². The van der Waals surface area contributed by atoms with Gasteiger partial charge in [0.05, 0.1) is 12.1 Å². The lowest BCUT2D eigenvalue weighted by Crippen LogP contribution is -2.28. The van der Waals surface area contributed by atoms with Gasteiger partial charge in [0, 0.05) is 12.8 Å². The summed E-state index contributed by atoms with van der Waals surface area (Å²) >= 11 is 0. The molecule has 0 fully saturated rings. The normalized spacial score (nSPS) is 12.9. The van der Waals surface area contributed by atoms with Crippen molar-refractivity contribution in [3.63, 3.8) is 0 Å². The number of benzene rings is 2. The number of rotatable bonds is 8. The van der Waals surface area contributed by atoms with E-state index in [0.717, 1.165) is 11.1 Å². The molecule has 2 aromatic carbocycles. The number of hydrogen-bond donors (Lipinski definition) is 2. The second-order valence-corrected chi connectivity index (χ2v) is 6.25. The first-order valence-corrected chi connectivity index (χ1v) is 8.75. The summed E-state index contributed by atoms with van der Waals surface area (Å²) in [6, 6.07) is 19.6. The quantitative estimate of drug-likeness (QED) is 0.766. The molecule has 0 radical (unpaired) electrons. The van der Waals surface area contributed by atoms with Gasteiger partial charge in [0.1, 0.15) is 0 Å². The molecule has 0 bridgehead atoms. The average Bonchev–Trinajstić information content (AvgIpc) is 2.63. The van der Waals surface area contributed by atoms with Crippen molar-refractivity contribution < 1.29 is 9.59 Å². The summed E-state index contributed by atoms with van der Waals surface area (Å²) in [5, 5.41) is 5.93. The third kappa shape index (κ3) is 6.42. The van der Waals surface area contributed by atoms with Crippen LogP contribution < -0.4 is 10.6 Å². The molecule has 25 heavy (non-hydrogen) atoms. The van der Waals surface area contributed by atoms with Crippen LogP contribution in [0.5, 0.6) is 0 Å².